The van der Waals surface area contributed by atoms with E-state index in [0.29, 0.717) is 24.3 Å². The summed E-state index contributed by atoms with van der Waals surface area (Å²) in [6.45, 7) is 0.365. The van der Waals surface area contributed by atoms with Gasteiger partial charge in [-0.15, -0.1) is 0 Å². The van der Waals surface area contributed by atoms with Crippen molar-refractivity contribution in [2.24, 2.45) is 7.05 Å². The average Bonchev–Trinajstić information content (AvgIpc) is 2.84. The molecule has 0 radical (unpaired) electrons. The zero-order valence-corrected chi connectivity index (χ0v) is 11.5. The van der Waals surface area contributed by atoms with Gasteiger partial charge in [0.05, 0.1) is 6.61 Å². The second-order valence-electron chi connectivity index (χ2n) is 4.41. The number of carboxylic acids is 1. The van der Waals surface area contributed by atoms with Gasteiger partial charge in [0, 0.05) is 37.5 Å². The maximum absolute atomic E-state index is 13.2. The smallest absolute Gasteiger partial charge is 0.328 e. The number of imidazole rings is 1. The third-order valence-corrected chi connectivity index (χ3v) is 2.88. The average molecular weight is 290 g/mol. The Morgan fingerprint density at radius 1 is 1.52 bits per heavy atom. The molecule has 0 aliphatic rings. The largest absolute Gasteiger partial charge is 0.492 e. The van der Waals surface area contributed by atoms with Crippen LogP contribution in [0.5, 0.6) is 5.75 Å². The van der Waals surface area contributed by atoms with Crippen LogP contribution in [0.4, 0.5) is 4.39 Å². The zero-order chi connectivity index (χ0) is 15.2. The summed E-state index contributed by atoms with van der Waals surface area (Å²) < 4.78 is 20.7. The minimum Gasteiger partial charge on any atom is -0.492 e. The highest BCUT2D eigenvalue weighted by Crippen LogP contribution is 2.21. The first-order valence-electron chi connectivity index (χ1n) is 6.36. The van der Waals surface area contributed by atoms with E-state index >= 15 is 0 Å². The van der Waals surface area contributed by atoms with E-state index < -0.39 is 11.8 Å². The van der Waals surface area contributed by atoms with E-state index in [0.717, 1.165) is 11.9 Å². The number of ether oxygens (including phenoxy) is 1. The highest BCUT2D eigenvalue weighted by atomic mass is 19.1. The molecular weight excluding hydrogens is 275 g/mol. The van der Waals surface area contributed by atoms with Crippen LogP contribution in [-0.2, 0) is 18.3 Å². The Morgan fingerprint density at radius 3 is 3.00 bits per heavy atom. The van der Waals surface area contributed by atoms with Gasteiger partial charge in [0.15, 0.2) is 0 Å². The highest BCUT2D eigenvalue weighted by molar-refractivity contribution is 5.85. The number of hydrogen-bond donors (Lipinski definition) is 1. The van der Waals surface area contributed by atoms with Crippen LogP contribution in [0.15, 0.2) is 36.7 Å². The fourth-order valence-electron chi connectivity index (χ4n) is 1.83. The van der Waals surface area contributed by atoms with Crippen molar-refractivity contribution in [3.8, 4) is 5.75 Å². The number of benzene rings is 1. The van der Waals surface area contributed by atoms with Crippen molar-refractivity contribution in [1.29, 1.82) is 0 Å². The molecule has 2 aromatic rings. The molecule has 0 spiro atoms. The normalized spacial score (nSPS) is 11.0. The van der Waals surface area contributed by atoms with Crippen LogP contribution in [-0.4, -0.2) is 27.2 Å². The molecule has 0 fully saturated rings. The summed E-state index contributed by atoms with van der Waals surface area (Å²) in [4.78, 5) is 14.7. The van der Waals surface area contributed by atoms with E-state index in [1.54, 1.807) is 6.20 Å². The van der Waals surface area contributed by atoms with Gasteiger partial charge in [0.25, 0.3) is 0 Å². The summed E-state index contributed by atoms with van der Waals surface area (Å²) in [5.74, 6) is -0.238. The molecule has 1 aromatic heterocycles. The van der Waals surface area contributed by atoms with E-state index in [4.69, 9.17) is 9.84 Å². The van der Waals surface area contributed by atoms with E-state index in [-0.39, 0.29) is 0 Å². The molecule has 0 amide bonds. The summed E-state index contributed by atoms with van der Waals surface area (Å²) in [6.07, 6.45) is 6.40. The fraction of sp³-hybridized carbons (Fsp3) is 0.200. The molecule has 110 valence electrons. The van der Waals surface area contributed by atoms with E-state index in [1.165, 1.54) is 24.3 Å². The van der Waals surface area contributed by atoms with Crippen LogP contribution < -0.4 is 4.74 Å². The number of aryl methyl sites for hydroxylation is 1. The Morgan fingerprint density at radius 2 is 2.33 bits per heavy atom. The molecule has 0 saturated carbocycles. The second kappa shape index (κ2) is 6.69. The summed E-state index contributed by atoms with van der Waals surface area (Å²) in [5, 5.41) is 8.63. The molecule has 0 unspecified atom stereocenters. The first-order valence-corrected chi connectivity index (χ1v) is 6.36. The fourth-order valence-corrected chi connectivity index (χ4v) is 1.83. The summed E-state index contributed by atoms with van der Waals surface area (Å²) in [5.41, 5.74) is 0.386. The quantitative estimate of drug-likeness (QED) is 0.829. The van der Waals surface area contributed by atoms with Gasteiger partial charge >= 0.3 is 5.97 Å². The maximum atomic E-state index is 13.2. The van der Waals surface area contributed by atoms with Crippen molar-refractivity contribution in [2.75, 3.05) is 6.61 Å². The lowest BCUT2D eigenvalue weighted by Gasteiger charge is -2.09. The van der Waals surface area contributed by atoms with Crippen molar-refractivity contribution in [3.63, 3.8) is 0 Å². The van der Waals surface area contributed by atoms with Gasteiger partial charge in [0.2, 0.25) is 0 Å². The molecule has 0 aliphatic heterocycles. The van der Waals surface area contributed by atoms with Crippen molar-refractivity contribution in [3.05, 3.63) is 53.9 Å². The Hall–Kier alpha value is -2.63. The topological polar surface area (TPSA) is 64.4 Å². The number of hydrogen-bond acceptors (Lipinski definition) is 3. The predicted octanol–water partition coefficient (Wildman–Crippen LogP) is 2.28. The van der Waals surface area contributed by atoms with E-state index in [9.17, 15) is 9.18 Å². The van der Waals surface area contributed by atoms with Crippen LogP contribution in [0.3, 0.4) is 0 Å². The van der Waals surface area contributed by atoms with Crippen LogP contribution in [0.1, 0.15) is 11.4 Å². The summed E-state index contributed by atoms with van der Waals surface area (Å²) >= 11 is 0. The monoisotopic (exact) mass is 290 g/mol. The molecule has 5 nitrogen and oxygen atoms in total. The van der Waals surface area contributed by atoms with Crippen LogP contribution in [0.2, 0.25) is 0 Å². The zero-order valence-electron chi connectivity index (χ0n) is 11.5. The lowest BCUT2D eigenvalue weighted by molar-refractivity contribution is -0.131. The molecule has 1 aromatic carbocycles. The molecule has 0 atom stereocenters. The van der Waals surface area contributed by atoms with Crippen molar-refractivity contribution < 1.29 is 19.0 Å². The molecule has 1 heterocycles. The number of halogens is 1. The highest BCUT2D eigenvalue weighted by Gasteiger charge is 2.05. The lowest BCUT2D eigenvalue weighted by atomic mass is 10.2. The second-order valence-corrected chi connectivity index (χ2v) is 4.41. The van der Waals surface area contributed by atoms with Crippen LogP contribution in [0.25, 0.3) is 6.08 Å². The van der Waals surface area contributed by atoms with Gasteiger partial charge in [-0.1, -0.05) is 0 Å². The van der Waals surface area contributed by atoms with Crippen LogP contribution >= 0.6 is 0 Å². The number of aromatic nitrogens is 2. The number of nitrogens with zero attached hydrogens (tertiary/aromatic N) is 2. The minimum absolute atomic E-state index is 0.365. The van der Waals surface area contributed by atoms with Crippen molar-refractivity contribution in [2.45, 2.75) is 6.42 Å². The molecule has 1 N–H and O–H groups in total. The van der Waals surface area contributed by atoms with Crippen molar-refractivity contribution >= 4 is 12.0 Å². The van der Waals surface area contributed by atoms with Gasteiger partial charge in [-0.2, -0.15) is 0 Å². The SMILES string of the molecule is Cn1ccnc1CCOc1ccc(F)cc1/C=C/C(=O)O. The molecule has 0 aliphatic carbocycles. The van der Waals surface area contributed by atoms with Gasteiger partial charge in [-0.3, -0.25) is 0 Å². The number of carbonyl (C=O) groups is 1. The van der Waals surface area contributed by atoms with Gasteiger partial charge in [-0.05, 0) is 24.3 Å². The molecule has 6 heteroatoms. The first kappa shape index (κ1) is 14.8. The van der Waals surface area contributed by atoms with Gasteiger partial charge < -0.3 is 14.4 Å². The molecule has 2 rings (SSSR count). The minimum atomic E-state index is -1.10. The number of rotatable bonds is 6. The Balaban J connectivity index is 2.05. The summed E-state index contributed by atoms with van der Waals surface area (Å²) in [7, 11) is 1.89. The van der Waals surface area contributed by atoms with Crippen molar-refractivity contribution in [1.82, 2.24) is 9.55 Å². The third-order valence-electron chi connectivity index (χ3n) is 2.88. The summed E-state index contributed by atoms with van der Waals surface area (Å²) in [6, 6.07) is 3.99. The third kappa shape index (κ3) is 4.17. The Labute approximate surface area is 121 Å². The Bertz CT molecular complexity index is 665. The molecule has 0 bridgehead atoms. The van der Waals surface area contributed by atoms with Gasteiger partial charge in [-0.25, -0.2) is 14.2 Å². The van der Waals surface area contributed by atoms with E-state index in [2.05, 4.69) is 4.98 Å². The standard InChI is InChI=1S/C15H15FN2O3/c1-18-8-7-17-14(18)6-9-21-13-4-3-12(16)10-11(13)2-5-15(19)20/h2-5,7-8,10H,6,9H2,1H3,(H,19,20)/b5-2+. The predicted molar refractivity (Wildman–Crippen MR) is 75.5 cm³/mol. The maximum Gasteiger partial charge on any atom is 0.328 e. The van der Waals surface area contributed by atoms with E-state index in [1.807, 2.05) is 17.8 Å². The lowest BCUT2D eigenvalue weighted by Crippen LogP contribution is -2.07. The van der Waals surface area contributed by atoms with Gasteiger partial charge in [0.1, 0.15) is 17.4 Å². The Kier molecular flexibility index (Phi) is 4.71. The number of aliphatic carboxylic acids is 1. The molecule has 0 saturated heterocycles. The molecular formula is C15H15FN2O3. The number of carboxylic acid groups (broad SMARTS) is 1. The molecule has 21 heavy (non-hydrogen) atoms. The first-order chi connectivity index (χ1) is 10.1. The van der Waals surface area contributed by atoms with Crippen LogP contribution in [0, 0.1) is 5.82 Å².